The molecule has 12 heavy (non-hydrogen) atoms. The third kappa shape index (κ3) is 4.99. The lowest BCUT2D eigenvalue weighted by molar-refractivity contribution is 0.582. The first-order chi connectivity index (χ1) is 5.36. The largest absolute Gasteiger partial charge is 0.229 e. The number of rotatable bonds is 5. The Morgan fingerprint density at radius 3 is 2.08 bits per heavy atom. The molecule has 1 atom stereocenters. The van der Waals surface area contributed by atoms with Gasteiger partial charge in [-0.05, 0) is 33.6 Å². The molecule has 0 bridgehead atoms. The monoisotopic (exact) mass is 212 g/mol. The fourth-order valence-electron chi connectivity index (χ4n) is 0.801. The maximum absolute atomic E-state index is 11.3. The topological polar surface area (TPSA) is 34.1 Å². The number of halogens is 1. The summed E-state index contributed by atoms with van der Waals surface area (Å²) in [5, 5.41) is -0.185. The van der Waals surface area contributed by atoms with Gasteiger partial charge in [0.25, 0.3) is 0 Å². The van der Waals surface area contributed by atoms with E-state index in [-0.39, 0.29) is 16.4 Å². The van der Waals surface area contributed by atoms with Gasteiger partial charge in [-0.2, -0.15) is 0 Å². The van der Waals surface area contributed by atoms with Crippen molar-refractivity contribution in [3.8, 4) is 0 Å². The smallest absolute Gasteiger partial charge is 0.152 e. The average Bonchev–Trinajstić information content (AvgIpc) is 1.85. The molecule has 0 rings (SSSR count). The Hall–Kier alpha value is 0.240. The van der Waals surface area contributed by atoms with Crippen LogP contribution in [0.4, 0.5) is 0 Å². The minimum Gasteiger partial charge on any atom is -0.229 e. The molecule has 0 aliphatic rings. The van der Waals surface area contributed by atoms with Crippen LogP contribution in [0.2, 0.25) is 0 Å². The normalized spacial score (nSPS) is 15.1. The Balaban J connectivity index is 3.79. The van der Waals surface area contributed by atoms with E-state index in [1.807, 2.05) is 6.92 Å². The summed E-state index contributed by atoms with van der Waals surface area (Å²) >= 11 is 5.69. The summed E-state index contributed by atoms with van der Waals surface area (Å²) in [6.45, 7) is 5.29. The molecule has 1 unspecified atom stereocenters. The van der Waals surface area contributed by atoms with Crippen LogP contribution in [0.3, 0.4) is 0 Å². The van der Waals surface area contributed by atoms with Gasteiger partial charge in [-0.1, -0.05) is 0 Å². The highest BCUT2D eigenvalue weighted by Gasteiger charge is 2.15. The van der Waals surface area contributed by atoms with Gasteiger partial charge in [0.2, 0.25) is 0 Å². The first-order valence-electron chi connectivity index (χ1n) is 4.22. The van der Waals surface area contributed by atoms with E-state index in [1.54, 1.807) is 13.8 Å². The van der Waals surface area contributed by atoms with Crippen LogP contribution < -0.4 is 0 Å². The lowest BCUT2D eigenvalue weighted by Gasteiger charge is -2.07. The molecule has 0 heterocycles. The van der Waals surface area contributed by atoms with Crippen molar-refractivity contribution in [2.45, 2.75) is 44.2 Å². The van der Waals surface area contributed by atoms with Crippen LogP contribution in [0.15, 0.2) is 0 Å². The second-order valence-corrected chi connectivity index (χ2v) is 6.76. The van der Waals surface area contributed by atoms with Gasteiger partial charge in [-0.3, -0.25) is 0 Å². The van der Waals surface area contributed by atoms with E-state index in [4.69, 9.17) is 11.6 Å². The lowest BCUT2D eigenvalue weighted by Crippen LogP contribution is -2.18. The van der Waals surface area contributed by atoms with Crippen molar-refractivity contribution in [2.75, 3.05) is 5.75 Å². The quantitative estimate of drug-likeness (QED) is 0.655. The van der Waals surface area contributed by atoms with Crippen molar-refractivity contribution in [2.24, 2.45) is 0 Å². The van der Waals surface area contributed by atoms with Crippen molar-refractivity contribution in [3.05, 3.63) is 0 Å². The molecule has 74 valence electrons. The fraction of sp³-hybridized carbons (Fsp3) is 1.00. The van der Waals surface area contributed by atoms with Crippen LogP contribution in [0.5, 0.6) is 0 Å². The predicted octanol–water partition coefficient (Wildman–Crippen LogP) is 2.22. The number of hydrogen-bond acceptors (Lipinski definition) is 2. The second-order valence-electron chi connectivity index (χ2n) is 3.34. The maximum atomic E-state index is 11.3. The van der Waals surface area contributed by atoms with Crippen LogP contribution in [0.25, 0.3) is 0 Å². The van der Waals surface area contributed by atoms with Gasteiger partial charge in [0.1, 0.15) is 0 Å². The zero-order valence-corrected chi connectivity index (χ0v) is 9.45. The molecule has 4 heteroatoms. The van der Waals surface area contributed by atoms with Crippen LogP contribution in [0, 0.1) is 0 Å². The summed E-state index contributed by atoms with van der Waals surface area (Å²) < 4.78 is 22.5. The molecule has 2 nitrogen and oxygen atoms in total. The molecule has 0 saturated carbocycles. The van der Waals surface area contributed by atoms with E-state index in [2.05, 4.69) is 0 Å². The average molecular weight is 213 g/mol. The first-order valence-corrected chi connectivity index (χ1v) is 6.37. The van der Waals surface area contributed by atoms with Crippen LogP contribution >= 0.6 is 11.6 Å². The van der Waals surface area contributed by atoms with E-state index in [1.165, 1.54) is 0 Å². The number of sulfone groups is 1. The predicted molar refractivity (Wildman–Crippen MR) is 53.5 cm³/mol. The Bertz CT molecular complexity index is 207. The molecule has 0 saturated heterocycles. The molecule has 0 aromatic rings. The standard InChI is InChI=1S/C8H17ClO2S/c1-7(2)12(10,11)6-4-5-8(3)9/h7-8H,4-6H2,1-3H3. The van der Waals surface area contributed by atoms with Gasteiger partial charge in [0.05, 0.1) is 11.0 Å². The lowest BCUT2D eigenvalue weighted by atomic mass is 10.3. The molecule has 0 aromatic carbocycles. The fourth-order valence-corrected chi connectivity index (χ4v) is 2.00. The van der Waals surface area contributed by atoms with Crippen molar-refractivity contribution >= 4 is 21.4 Å². The third-order valence-electron chi connectivity index (χ3n) is 1.75. The highest BCUT2D eigenvalue weighted by atomic mass is 35.5. The summed E-state index contributed by atoms with van der Waals surface area (Å²) in [5.41, 5.74) is 0. The SMILES string of the molecule is CC(Cl)CCCS(=O)(=O)C(C)C. The summed E-state index contributed by atoms with van der Waals surface area (Å²) in [7, 11) is -2.85. The first kappa shape index (κ1) is 12.2. The molecule has 0 aliphatic carbocycles. The number of alkyl halides is 1. The highest BCUT2D eigenvalue weighted by molar-refractivity contribution is 7.91. The molecule has 0 amide bonds. The van der Waals surface area contributed by atoms with Crippen LogP contribution in [-0.2, 0) is 9.84 Å². The second kappa shape index (κ2) is 5.07. The summed E-state index contributed by atoms with van der Waals surface area (Å²) in [6, 6.07) is 0. The van der Waals surface area contributed by atoms with Gasteiger partial charge in [-0.25, -0.2) is 8.42 Å². The maximum Gasteiger partial charge on any atom is 0.152 e. The van der Waals surface area contributed by atoms with E-state index in [9.17, 15) is 8.42 Å². The summed E-state index contributed by atoms with van der Waals surface area (Å²) in [4.78, 5) is 0. The van der Waals surface area contributed by atoms with Crippen molar-refractivity contribution in [3.63, 3.8) is 0 Å². The van der Waals surface area contributed by atoms with E-state index < -0.39 is 9.84 Å². The molecule has 0 N–H and O–H groups in total. The van der Waals surface area contributed by atoms with Gasteiger partial charge in [0.15, 0.2) is 9.84 Å². The summed E-state index contributed by atoms with van der Waals surface area (Å²) in [6.07, 6.45) is 1.44. The highest BCUT2D eigenvalue weighted by Crippen LogP contribution is 2.08. The Morgan fingerprint density at radius 1 is 1.25 bits per heavy atom. The molecule has 0 radical (unpaired) electrons. The Labute approximate surface area is 80.2 Å². The van der Waals surface area contributed by atoms with E-state index >= 15 is 0 Å². The van der Waals surface area contributed by atoms with Gasteiger partial charge < -0.3 is 0 Å². The molecule has 0 fully saturated rings. The summed E-state index contributed by atoms with van der Waals surface area (Å²) in [5.74, 6) is 0.266. The van der Waals surface area contributed by atoms with E-state index in [0.29, 0.717) is 6.42 Å². The minimum atomic E-state index is -2.85. The van der Waals surface area contributed by atoms with Crippen molar-refractivity contribution in [1.82, 2.24) is 0 Å². The van der Waals surface area contributed by atoms with Crippen molar-refractivity contribution in [1.29, 1.82) is 0 Å². The molecular formula is C8H17ClO2S. The zero-order valence-electron chi connectivity index (χ0n) is 7.88. The molecule has 0 aliphatic heterocycles. The van der Waals surface area contributed by atoms with Crippen molar-refractivity contribution < 1.29 is 8.42 Å². The van der Waals surface area contributed by atoms with E-state index in [0.717, 1.165) is 6.42 Å². The minimum absolute atomic E-state index is 0.0763. The Kier molecular flexibility index (Phi) is 5.18. The third-order valence-corrected chi connectivity index (χ3v) is 4.26. The molecule has 0 aromatic heterocycles. The van der Waals surface area contributed by atoms with Crippen LogP contribution in [-0.4, -0.2) is 24.8 Å². The molecule has 0 spiro atoms. The van der Waals surface area contributed by atoms with Gasteiger partial charge in [-0.15, -0.1) is 11.6 Å². The number of hydrogen-bond donors (Lipinski definition) is 0. The molecular weight excluding hydrogens is 196 g/mol. The van der Waals surface area contributed by atoms with Crippen LogP contribution in [0.1, 0.15) is 33.6 Å². The van der Waals surface area contributed by atoms with Gasteiger partial charge in [0, 0.05) is 5.38 Å². The Morgan fingerprint density at radius 2 is 1.75 bits per heavy atom. The zero-order chi connectivity index (χ0) is 9.78. The van der Waals surface area contributed by atoms with Gasteiger partial charge >= 0.3 is 0 Å².